The van der Waals surface area contributed by atoms with Gasteiger partial charge in [-0.1, -0.05) is 0 Å². The molecule has 1 aliphatic heterocycles. The molecule has 1 aromatic heterocycles. The Morgan fingerprint density at radius 2 is 2.35 bits per heavy atom. The molecule has 0 aliphatic carbocycles. The number of rotatable bonds is 3. The Labute approximate surface area is 99.2 Å². The van der Waals surface area contributed by atoms with Gasteiger partial charge in [-0.15, -0.1) is 0 Å². The number of carbonyl (C=O) groups is 1. The summed E-state index contributed by atoms with van der Waals surface area (Å²) in [7, 11) is 1.60. The Morgan fingerprint density at radius 3 is 2.94 bits per heavy atom. The molecule has 1 aliphatic rings. The van der Waals surface area contributed by atoms with Crippen molar-refractivity contribution in [1.29, 1.82) is 0 Å². The van der Waals surface area contributed by atoms with Crippen molar-refractivity contribution in [1.82, 2.24) is 9.97 Å². The van der Waals surface area contributed by atoms with Gasteiger partial charge in [0.05, 0.1) is 6.10 Å². The number of hydrogen-bond donors (Lipinski definition) is 1. The monoisotopic (exact) mass is 237 g/mol. The molecule has 17 heavy (non-hydrogen) atoms. The van der Waals surface area contributed by atoms with Crippen LogP contribution in [0.1, 0.15) is 12.1 Å². The highest BCUT2D eigenvalue weighted by atomic mass is 16.5. The first kappa shape index (κ1) is 11.8. The van der Waals surface area contributed by atoms with Gasteiger partial charge < -0.3 is 14.7 Å². The highest BCUT2D eigenvalue weighted by Gasteiger charge is 2.37. The van der Waals surface area contributed by atoms with Gasteiger partial charge in [0.2, 0.25) is 0 Å². The third-order valence-corrected chi connectivity index (χ3v) is 2.96. The molecule has 6 nitrogen and oxygen atoms in total. The maximum Gasteiger partial charge on any atom is 0.326 e. The number of nitrogens with zero attached hydrogens (tertiary/aromatic N) is 3. The second-order valence-electron chi connectivity index (χ2n) is 4.12. The van der Waals surface area contributed by atoms with Crippen molar-refractivity contribution >= 4 is 11.8 Å². The van der Waals surface area contributed by atoms with Crippen molar-refractivity contribution in [3.8, 4) is 0 Å². The summed E-state index contributed by atoms with van der Waals surface area (Å²) in [4.78, 5) is 21.1. The average Bonchev–Trinajstić information content (AvgIpc) is 2.73. The predicted molar refractivity (Wildman–Crippen MR) is 61.0 cm³/mol. The van der Waals surface area contributed by atoms with Crippen LogP contribution in [-0.4, -0.2) is 46.8 Å². The number of aromatic nitrogens is 2. The highest BCUT2D eigenvalue weighted by molar-refractivity contribution is 5.78. The predicted octanol–water partition coefficient (Wildman–Crippen LogP) is 0.463. The quantitative estimate of drug-likeness (QED) is 0.823. The number of carboxylic acids is 1. The number of methoxy groups -OCH3 is 1. The van der Waals surface area contributed by atoms with Crippen molar-refractivity contribution in [3.63, 3.8) is 0 Å². The smallest absolute Gasteiger partial charge is 0.326 e. The van der Waals surface area contributed by atoms with Crippen molar-refractivity contribution < 1.29 is 14.6 Å². The minimum atomic E-state index is -0.846. The van der Waals surface area contributed by atoms with E-state index in [9.17, 15) is 9.90 Å². The minimum absolute atomic E-state index is 0.0635. The standard InChI is InChI=1S/C11H15N3O3/c1-7-3-10(13-6-12-7)14-5-8(17-2)4-9(14)11(15)16/h3,6,8-9H,4-5H2,1-2H3,(H,15,16). The maximum absolute atomic E-state index is 11.2. The van der Waals surface area contributed by atoms with Crippen molar-refractivity contribution in [3.05, 3.63) is 18.1 Å². The van der Waals surface area contributed by atoms with Gasteiger partial charge in [-0.2, -0.15) is 0 Å². The molecule has 0 aromatic carbocycles. The SMILES string of the molecule is COC1CC(C(=O)O)N(c2cc(C)ncn2)C1. The second kappa shape index (κ2) is 4.67. The fourth-order valence-corrected chi connectivity index (χ4v) is 2.05. The largest absolute Gasteiger partial charge is 0.480 e. The van der Waals surface area contributed by atoms with E-state index < -0.39 is 12.0 Å². The summed E-state index contributed by atoms with van der Waals surface area (Å²) in [6.07, 6.45) is 1.87. The molecule has 2 unspecified atom stereocenters. The van der Waals surface area contributed by atoms with Crippen LogP contribution >= 0.6 is 0 Å². The van der Waals surface area contributed by atoms with E-state index in [0.717, 1.165) is 5.69 Å². The Balaban J connectivity index is 2.26. The number of aryl methyl sites for hydroxylation is 1. The van der Waals surface area contributed by atoms with Gasteiger partial charge in [0.15, 0.2) is 0 Å². The molecule has 0 radical (unpaired) electrons. The van der Waals surface area contributed by atoms with Gasteiger partial charge in [-0.3, -0.25) is 0 Å². The summed E-state index contributed by atoms with van der Waals surface area (Å²) in [6, 6.07) is 1.21. The summed E-state index contributed by atoms with van der Waals surface area (Å²) in [5.41, 5.74) is 0.819. The van der Waals surface area contributed by atoms with Gasteiger partial charge in [-0.25, -0.2) is 14.8 Å². The van der Waals surface area contributed by atoms with Gasteiger partial charge in [0.1, 0.15) is 18.2 Å². The third-order valence-electron chi connectivity index (χ3n) is 2.96. The zero-order valence-electron chi connectivity index (χ0n) is 9.83. The van der Waals surface area contributed by atoms with Crippen molar-refractivity contribution in [2.75, 3.05) is 18.6 Å². The normalized spacial score (nSPS) is 24.0. The summed E-state index contributed by atoms with van der Waals surface area (Å²) in [5.74, 6) is -0.203. The molecule has 1 aromatic rings. The van der Waals surface area contributed by atoms with E-state index >= 15 is 0 Å². The second-order valence-corrected chi connectivity index (χ2v) is 4.12. The number of hydrogen-bond acceptors (Lipinski definition) is 5. The number of aliphatic carboxylic acids is 1. The van der Waals surface area contributed by atoms with E-state index in [1.54, 1.807) is 18.1 Å². The Bertz CT molecular complexity index is 424. The van der Waals surface area contributed by atoms with Crippen LogP contribution in [0.4, 0.5) is 5.82 Å². The molecule has 1 N–H and O–H groups in total. The summed E-state index contributed by atoms with van der Waals surface area (Å²) < 4.78 is 5.23. The minimum Gasteiger partial charge on any atom is -0.480 e. The highest BCUT2D eigenvalue weighted by Crippen LogP contribution is 2.25. The van der Waals surface area contributed by atoms with Crippen LogP contribution in [0.3, 0.4) is 0 Å². The lowest BCUT2D eigenvalue weighted by atomic mass is 10.2. The van der Waals surface area contributed by atoms with Crippen LogP contribution in [0.15, 0.2) is 12.4 Å². The van der Waals surface area contributed by atoms with Crippen LogP contribution in [0.2, 0.25) is 0 Å². The van der Waals surface area contributed by atoms with E-state index in [1.807, 2.05) is 6.92 Å². The van der Waals surface area contributed by atoms with Crippen LogP contribution < -0.4 is 4.90 Å². The zero-order valence-corrected chi connectivity index (χ0v) is 9.83. The molecule has 1 saturated heterocycles. The Kier molecular flexibility index (Phi) is 3.23. The van der Waals surface area contributed by atoms with Crippen LogP contribution in [-0.2, 0) is 9.53 Å². The summed E-state index contributed by atoms with van der Waals surface area (Å²) in [6.45, 7) is 2.40. The van der Waals surface area contributed by atoms with Gasteiger partial charge in [0, 0.05) is 31.8 Å². The molecule has 2 heterocycles. The molecule has 6 heteroatoms. The van der Waals surface area contributed by atoms with E-state index in [0.29, 0.717) is 18.8 Å². The molecular formula is C11H15N3O3. The van der Waals surface area contributed by atoms with E-state index in [4.69, 9.17) is 4.74 Å². The lowest BCUT2D eigenvalue weighted by molar-refractivity contribution is -0.138. The summed E-state index contributed by atoms with van der Waals surface area (Å²) >= 11 is 0. The van der Waals surface area contributed by atoms with Gasteiger partial charge in [0.25, 0.3) is 0 Å². The lowest BCUT2D eigenvalue weighted by Gasteiger charge is -2.22. The maximum atomic E-state index is 11.2. The molecule has 0 bridgehead atoms. The number of carboxylic acid groups (broad SMARTS) is 1. The molecule has 0 saturated carbocycles. The van der Waals surface area contributed by atoms with Crippen molar-refractivity contribution in [2.24, 2.45) is 0 Å². The molecule has 0 amide bonds. The van der Waals surface area contributed by atoms with E-state index in [2.05, 4.69) is 9.97 Å². The van der Waals surface area contributed by atoms with E-state index in [-0.39, 0.29) is 6.10 Å². The molecule has 92 valence electrons. The fourth-order valence-electron chi connectivity index (χ4n) is 2.05. The van der Waals surface area contributed by atoms with Crippen LogP contribution in [0.25, 0.3) is 0 Å². The first-order valence-electron chi connectivity index (χ1n) is 5.42. The lowest BCUT2D eigenvalue weighted by Crippen LogP contribution is -2.36. The number of ether oxygens (including phenoxy) is 1. The zero-order chi connectivity index (χ0) is 12.4. The molecular weight excluding hydrogens is 222 g/mol. The topological polar surface area (TPSA) is 75.6 Å². The summed E-state index contributed by atoms with van der Waals surface area (Å²) in [5, 5.41) is 9.19. The number of anilines is 1. The van der Waals surface area contributed by atoms with Gasteiger partial charge in [-0.05, 0) is 6.92 Å². The van der Waals surface area contributed by atoms with E-state index in [1.165, 1.54) is 6.33 Å². The Morgan fingerprint density at radius 1 is 1.59 bits per heavy atom. The Hall–Kier alpha value is -1.69. The molecule has 1 fully saturated rings. The van der Waals surface area contributed by atoms with Crippen molar-refractivity contribution in [2.45, 2.75) is 25.5 Å². The van der Waals surface area contributed by atoms with Crippen LogP contribution in [0, 0.1) is 6.92 Å². The molecule has 2 rings (SSSR count). The van der Waals surface area contributed by atoms with Gasteiger partial charge >= 0.3 is 5.97 Å². The fraction of sp³-hybridized carbons (Fsp3) is 0.545. The van der Waals surface area contributed by atoms with Crippen LogP contribution in [0.5, 0.6) is 0 Å². The third kappa shape index (κ3) is 2.36. The average molecular weight is 237 g/mol. The first-order valence-corrected chi connectivity index (χ1v) is 5.42. The molecule has 0 spiro atoms. The first-order chi connectivity index (χ1) is 8.11. The molecule has 2 atom stereocenters.